The number of allylic oxidation sites excluding steroid dienone is 2. The number of hydrogen-bond donors (Lipinski definition) is 0. The van der Waals surface area contributed by atoms with E-state index in [0.717, 1.165) is 23.7 Å². The van der Waals surface area contributed by atoms with Crippen molar-refractivity contribution in [3.05, 3.63) is 12.2 Å². The molecule has 120 valence electrons. The van der Waals surface area contributed by atoms with Crippen LogP contribution in [0.5, 0.6) is 0 Å². The lowest BCUT2D eigenvalue weighted by Gasteiger charge is -2.41. The Morgan fingerprint density at radius 3 is 1.73 bits per heavy atom. The molecule has 22 heavy (non-hydrogen) atoms. The molecule has 0 aliphatic heterocycles. The second kappa shape index (κ2) is 5.10. The van der Waals surface area contributed by atoms with Crippen LogP contribution >= 0.6 is 0 Å². The lowest BCUT2D eigenvalue weighted by atomic mass is 9.65. The summed E-state index contributed by atoms with van der Waals surface area (Å²) >= 11 is 0. The molecule has 3 fully saturated rings. The molecule has 4 nitrogen and oxygen atoms in total. The predicted molar refractivity (Wildman–Crippen MR) is 79.6 cm³/mol. The molecule has 4 heteroatoms. The smallest absolute Gasteiger partial charge is 0.302 e. The van der Waals surface area contributed by atoms with Gasteiger partial charge in [-0.25, -0.2) is 0 Å². The molecule has 0 aromatic rings. The highest BCUT2D eigenvalue weighted by atomic mass is 16.5. The second-order valence-electron chi connectivity index (χ2n) is 7.60. The fraction of sp³-hybridized carbons (Fsp3) is 0.778. The van der Waals surface area contributed by atoms with Gasteiger partial charge in [-0.05, 0) is 48.3 Å². The van der Waals surface area contributed by atoms with Crippen molar-refractivity contribution in [1.29, 1.82) is 0 Å². The summed E-state index contributed by atoms with van der Waals surface area (Å²) in [6.07, 6.45) is 7.36. The van der Waals surface area contributed by atoms with Crippen molar-refractivity contribution in [1.82, 2.24) is 0 Å². The van der Waals surface area contributed by atoms with Crippen molar-refractivity contribution in [2.24, 2.45) is 47.3 Å². The highest BCUT2D eigenvalue weighted by Gasteiger charge is 2.64. The summed E-state index contributed by atoms with van der Waals surface area (Å²) in [5, 5.41) is 0. The normalized spacial score (nSPS) is 46.8. The first-order chi connectivity index (χ1) is 10.6. The van der Waals surface area contributed by atoms with Gasteiger partial charge in [0.2, 0.25) is 0 Å². The molecule has 4 bridgehead atoms. The van der Waals surface area contributed by atoms with Crippen LogP contribution in [0.25, 0.3) is 0 Å². The van der Waals surface area contributed by atoms with Crippen LogP contribution in [-0.2, 0) is 19.1 Å². The molecule has 0 radical (unpaired) electrons. The predicted octanol–water partition coefficient (Wildman–Crippen LogP) is 2.43. The Labute approximate surface area is 131 Å². The molecule has 8 unspecified atom stereocenters. The number of carbonyl (C=O) groups is 2. The average Bonchev–Trinajstić information content (AvgIpc) is 3.19. The van der Waals surface area contributed by atoms with E-state index in [4.69, 9.17) is 9.47 Å². The molecule has 4 aliphatic rings. The topological polar surface area (TPSA) is 52.6 Å². The van der Waals surface area contributed by atoms with Gasteiger partial charge >= 0.3 is 11.9 Å². The SMILES string of the molecule is CC(=O)OCC1C(COC(C)=O)C2CC1C1C3C=CC(C3)C21. The van der Waals surface area contributed by atoms with Crippen LogP contribution in [-0.4, -0.2) is 25.2 Å². The Morgan fingerprint density at radius 1 is 0.864 bits per heavy atom. The summed E-state index contributed by atoms with van der Waals surface area (Å²) in [6.45, 7) is 3.92. The third kappa shape index (κ3) is 2.03. The monoisotopic (exact) mass is 304 g/mol. The minimum absolute atomic E-state index is 0.210. The van der Waals surface area contributed by atoms with Crippen molar-refractivity contribution < 1.29 is 19.1 Å². The van der Waals surface area contributed by atoms with Crippen LogP contribution in [0.15, 0.2) is 12.2 Å². The number of carbonyl (C=O) groups excluding carboxylic acids is 2. The molecule has 0 aromatic heterocycles. The van der Waals surface area contributed by atoms with Gasteiger partial charge in [-0.2, -0.15) is 0 Å². The van der Waals surface area contributed by atoms with Crippen molar-refractivity contribution in [3.8, 4) is 0 Å². The van der Waals surface area contributed by atoms with Gasteiger partial charge in [-0.1, -0.05) is 12.2 Å². The van der Waals surface area contributed by atoms with Gasteiger partial charge in [-0.15, -0.1) is 0 Å². The molecule has 0 spiro atoms. The fourth-order valence-electron chi connectivity index (χ4n) is 6.21. The highest BCUT2D eigenvalue weighted by molar-refractivity contribution is 5.66. The number of esters is 2. The minimum atomic E-state index is -0.210. The molecule has 8 atom stereocenters. The van der Waals surface area contributed by atoms with Crippen LogP contribution in [0.4, 0.5) is 0 Å². The van der Waals surface area contributed by atoms with Crippen LogP contribution in [0.1, 0.15) is 26.7 Å². The Hall–Kier alpha value is -1.32. The minimum Gasteiger partial charge on any atom is -0.466 e. The van der Waals surface area contributed by atoms with E-state index in [2.05, 4.69) is 12.2 Å². The van der Waals surface area contributed by atoms with E-state index in [1.165, 1.54) is 26.7 Å². The molecule has 4 rings (SSSR count). The van der Waals surface area contributed by atoms with Crippen molar-refractivity contribution >= 4 is 11.9 Å². The number of rotatable bonds is 4. The zero-order chi connectivity index (χ0) is 15.4. The summed E-state index contributed by atoms with van der Waals surface area (Å²) in [4.78, 5) is 22.4. The van der Waals surface area contributed by atoms with E-state index in [9.17, 15) is 9.59 Å². The van der Waals surface area contributed by atoms with Gasteiger partial charge in [0.15, 0.2) is 0 Å². The molecule has 0 saturated heterocycles. The molecule has 0 amide bonds. The first-order valence-electron chi connectivity index (χ1n) is 8.51. The quantitative estimate of drug-likeness (QED) is 0.455. The highest BCUT2D eigenvalue weighted by Crippen LogP contribution is 2.68. The molecule has 3 saturated carbocycles. The van der Waals surface area contributed by atoms with E-state index in [1.807, 2.05) is 0 Å². The molecular formula is C18H24O4. The maximum atomic E-state index is 11.2. The Balaban J connectivity index is 1.54. The third-order valence-electron chi connectivity index (χ3n) is 6.72. The van der Waals surface area contributed by atoms with Crippen LogP contribution < -0.4 is 0 Å². The lowest BCUT2D eigenvalue weighted by Crippen LogP contribution is -2.41. The molecule has 4 aliphatic carbocycles. The maximum absolute atomic E-state index is 11.2. The molecule has 0 heterocycles. The maximum Gasteiger partial charge on any atom is 0.302 e. The van der Waals surface area contributed by atoms with Gasteiger partial charge in [0.05, 0.1) is 13.2 Å². The Kier molecular flexibility index (Phi) is 3.31. The van der Waals surface area contributed by atoms with Crippen LogP contribution in [0.2, 0.25) is 0 Å². The van der Waals surface area contributed by atoms with E-state index in [1.54, 1.807) is 0 Å². The van der Waals surface area contributed by atoms with E-state index >= 15 is 0 Å². The molecular weight excluding hydrogens is 280 g/mol. The first-order valence-corrected chi connectivity index (χ1v) is 8.51. The number of ether oxygens (including phenoxy) is 2. The van der Waals surface area contributed by atoms with Crippen LogP contribution in [0.3, 0.4) is 0 Å². The molecule has 0 aromatic carbocycles. The summed E-state index contributed by atoms with van der Waals surface area (Å²) in [5.74, 6) is 4.59. The van der Waals surface area contributed by atoms with E-state index in [0.29, 0.717) is 36.9 Å². The van der Waals surface area contributed by atoms with Gasteiger partial charge < -0.3 is 9.47 Å². The fourth-order valence-corrected chi connectivity index (χ4v) is 6.21. The summed E-state index contributed by atoms with van der Waals surface area (Å²) in [7, 11) is 0. The van der Waals surface area contributed by atoms with E-state index < -0.39 is 0 Å². The second-order valence-corrected chi connectivity index (χ2v) is 7.60. The zero-order valence-corrected chi connectivity index (χ0v) is 13.2. The standard InChI is InChI=1S/C18H24O4/c1-9(19)21-7-15-13-6-14(16(15)8-22-10(2)20)18-12-4-3-11(5-12)17(13)18/h3-4,11-18H,5-8H2,1-2H3. The number of fused-ring (bicyclic) bond motifs is 9. The summed E-state index contributed by atoms with van der Waals surface area (Å²) in [6, 6.07) is 0. The van der Waals surface area contributed by atoms with Crippen molar-refractivity contribution in [3.63, 3.8) is 0 Å². The van der Waals surface area contributed by atoms with E-state index in [-0.39, 0.29) is 11.9 Å². The molecule has 0 N–H and O–H groups in total. The Bertz CT molecular complexity index is 481. The number of hydrogen-bond acceptors (Lipinski definition) is 4. The first kappa shape index (κ1) is 14.3. The van der Waals surface area contributed by atoms with Gasteiger partial charge in [0, 0.05) is 25.7 Å². The average molecular weight is 304 g/mol. The lowest BCUT2D eigenvalue weighted by molar-refractivity contribution is -0.149. The largest absolute Gasteiger partial charge is 0.466 e. The van der Waals surface area contributed by atoms with Crippen molar-refractivity contribution in [2.75, 3.05) is 13.2 Å². The Morgan fingerprint density at radius 2 is 1.32 bits per heavy atom. The van der Waals surface area contributed by atoms with Gasteiger partial charge in [0.25, 0.3) is 0 Å². The van der Waals surface area contributed by atoms with Gasteiger partial charge in [-0.3, -0.25) is 9.59 Å². The third-order valence-corrected chi connectivity index (χ3v) is 6.72. The zero-order valence-electron chi connectivity index (χ0n) is 13.2. The summed E-state index contributed by atoms with van der Waals surface area (Å²) in [5.41, 5.74) is 0. The van der Waals surface area contributed by atoms with Gasteiger partial charge in [0.1, 0.15) is 0 Å². The van der Waals surface area contributed by atoms with Crippen molar-refractivity contribution in [2.45, 2.75) is 26.7 Å². The summed E-state index contributed by atoms with van der Waals surface area (Å²) < 4.78 is 10.7. The van der Waals surface area contributed by atoms with Crippen LogP contribution in [0, 0.1) is 47.3 Å².